The van der Waals surface area contributed by atoms with Crippen molar-refractivity contribution < 1.29 is 14.3 Å². The highest BCUT2D eigenvalue weighted by molar-refractivity contribution is 6.76. The molecule has 0 heterocycles. The van der Waals surface area contributed by atoms with Gasteiger partial charge < -0.3 is 20.2 Å². The van der Waals surface area contributed by atoms with Crippen molar-refractivity contribution in [2.75, 3.05) is 13.6 Å². The molecule has 1 fully saturated rings. The molecule has 1 atom stereocenters. The molecule has 1 rings (SSSR count). The van der Waals surface area contributed by atoms with Gasteiger partial charge in [0.1, 0.15) is 0 Å². The van der Waals surface area contributed by atoms with Gasteiger partial charge in [-0.1, -0.05) is 46.5 Å². The van der Waals surface area contributed by atoms with Crippen LogP contribution >= 0.6 is 0 Å². The van der Waals surface area contributed by atoms with Crippen molar-refractivity contribution in [2.24, 2.45) is 11.7 Å². The van der Waals surface area contributed by atoms with Gasteiger partial charge in [0.15, 0.2) is 8.32 Å². The van der Waals surface area contributed by atoms with Crippen LogP contribution in [0.5, 0.6) is 0 Å². The Kier molecular flexibility index (Phi) is 9.04. The topological polar surface area (TPSA) is 75.8 Å². The Morgan fingerprint density at radius 3 is 2.03 bits per heavy atom. The Labute approximate surface area is 181 Å². The first kappa shape index (κ1) is 26.7. The zero-order valence-corrected chi connectivity index (χ0v) is 22.6. The minimum atomic E-state index is -1.72. The minimum Gasteiger partial charge on any atom is -0.465 e. The third-order valence-electron chi connectivity index (χ3n) is 7.01. The summed E-state index contributed by atoms with van der Waals surface area (Å²) in [6.45, 7) is 19.1. The van der Waals surface area contributed by atoms with E-state index in [9.17, 15) is 9.90 Å². The van der Waals surface area contributed by atoms with Crippen LogP contribution in [0.1, 0.15) is 59.3 Å². The summed E-state index contributed by atoms with van der Waals surface area (Å²) in [6, 6.07) is 1.14. The molecule has 0 saturated heterocycles. The molecule has 3 N–H and O–H groups in total. The van der Waals surface area contributed by atoms with Crippen molar-refractivity contribution in [3.63, 3.8) is 0 Å². The van der Waals surface area contributed by atoms with Crippen LogP contribution in [0.3, 0.4) is 0 Å². The second kappa shape index (κ2) is 9.83. The molecule has 29 heavy (non-hydrogen) atoms. The van der Waals surface area contributed by atoms with Crippen molar-refractivity contribution in [2.45, 2.75) is 115 Å². The number of likely N-dealkylation sites (N-methyl/N-ethyl adjacent to an activating group) is 1. The van der Waals surface area contributed by atoms with Crippen molar-refractivity contribution in [3.8, 4) is 0 Å². The number of rotatable bonds is 9. The smallest absolute Gasteiger partial charge is 0.407 e. The molecule has 1 aliphatic carbocycles. The van der Waals surface area contributed by atoms with Crippen LogP contribution in [0, 0.1) is 5.92 Å². The average Bonchev–Trinajstić information content (AvgIpc) is 2.53. The van der Waals surface area contributed by atoms with Crippen LogP contribution < -0.4 is 5.73 Å². The third kappa shape index (κ3) is 9.11. The van der Waals surface area contributed by atoms with E-state index in [0.717, 1.165) is 44.6 Å². The number of carbonyl (C=O) groups is 1. The van der Waals surface area contributed by atoms with Gasteiger partial charge >= 0.3 is 6.09 Å². The number of hydrogen-bond donors (Lipinski definition) is 2. The van der Waals surface area contributed by atoms with Crippen LogP contribution in [0.15, 0.2) is 0 Å². The molecule has 0 bridgehead atoms. The summed E-state index contributed by atoms with van der Waals surface area (Å²) in [4.78, 5) is 12.8. The summed E-state index contributed by atoms with van der Waals surface area (Å²) in [5, 5.41) is 9.60. The van der Waals surface area contributed by atoms with E-state index in [4.69, 9.17) is 10.2 Å². The van der Waals surface area contributed by atoms with Gasteiger partial charge in [0.25, 0.3) is 0 Å². The predicted octanol–water partition coefficient (Wildman–Crippen LogP) is 5.99. The molecule has 7 heteroatoms. The molecule has 0 aromatic heterocycles. The van der Waals surface area contributed by atoms with Crippen LogP contribution in [0.4, 0.5) is 4.79 Å². The van der Waals surface area contributed by atoms with Gasteiger partial charge in [0.2, 0.25) is 0 Å². The zero-order chi connectivity index (χ0) is 22.7. The Morgan fingerprint density at radius 2 is 1.62 bits per heavy atom. The highest BCUT2D eigenvalue weighted by atomic mass is 28.4. The first-order valence-corrected chi connectivity index (χ1v) is 18.0. The monoisotopic (exact) mass is 444 g/mol. The second-order valence-corrected chi connectivity index (χ2v) is 22.7. The Bertz CT molecular complexity index is 535. The fraction of sp³-hybridized carbons (Fsp3) is 0.955. The standard InChI is InChI=1S/C22H48N2O3Si2/c1-21(2,3)29(8,9)27-19-12-10-18(11-13-19)16-22(23,14-15-28(5,6)7)17-24(4)20(25)26/h18-19H,10-17,23H2,1-9H3,(H,25,26)/t18?,19?,22-/m0/s1. The van der Waals surface area contributed by atoms with E-state index in [1.165, 1.54) is 4.90 Å². The summed E-state index contributed by atoms with van der Waals surface area (Å²) in [5.41, 5.74) is 6.44. The number of nitrogens with two attached hydrogens (primary N) is 1. The molecule has 1 amide bonds. The lowest BCUT2D eigenvalue weighted by Gasteiger charge is -2.43. The van der Waals surface area contributed by atoms with Crippen LogP contribution in [-0.4, -0.2) is 57.7 Å². The van der Waals surface area contributed by atoms with Gasteiger partial charge in [-0.3, -0.25) is 0 Å². The van der Waals surface area contributed by atoms with E-state index >= 15 is 0 Å². The maximum absolute atomic E-state index is 11.4. The van der Waals surface area contributed by atoms with Gasteiger partial charge in [-0.15, -0.1) is 0 Å². The van der Waals surface area contributed by atoms with Crippen LogP contribution in [0.2, 0.25) is 43.8 Å². The first-order chi connectivity index (χ1) is 12.9. The molecule has 0 aromatic carbocycles. The largest absolute Gasteiger partial charge is 0.465 e. The first-order valence-electron chi connectivity index (χ1n) is 11.3. The van der Waals surface area contributed by atoms with Crippen molar-refractivity contribution in [1.82, 2.24) is 4.90 Å². The summed E-state index contributed by atoms with van der Waals surface area (Å²) >= 11 is 0. The molecule has 0 aliphatic heterocycles. The highest BCUT2D eigenvalue weighted by Gasteiger charge is 2.40. The molecule has 5 nitrogen and oxygen atoms in total. The zero-order valence-electron chi connectivity index (χ0n) is 20.6. The van der Waals surface area contributed by atoms with Gasteiger partial charge in [0, 0.05) is 33.3 Å². The molecule has 172 valence electrons. The second-order valence-electron chi connectivity index (χ2n) is 12.3. The van der Waals surface area contributed by atoms with E-state index in [1.807, 2.05) is 0 Å². The number of amides is 1. The number of nitrogens with zero attached hydrogens (tertiary/aromatic N) is 1. The lowest BCUT2D eigenvalue weighted by molar-refractivity contribution is 0.0984. The number of carboxylic acid groups (broad SMARTS) is 1. The summed E-state index contributed by atoms with van der Waals surface area (Å²) in [6.07, 6.45) is 5.82. The lowest BCUT2D eigenvalue weighted by atomic mass is 9.77. The summed E-state index contributed by atoms with van der Waals surface area (Å²) in [7, 11) is -1.31. The SMILES string of the molecule is CN(C[C@](N)(CC[Si](C)(C)C)CC1CCC(O[Si](C)(C)C(C)(C)C)CC1)C(=O)O. The highest BCUT2D eigenvalue weighted by Crippen LogP contribution is 2.41. The van der Waals surface area contributed by atoms with Crippen LogP contribution in [0.25, 0.3) is 0 Å². The average molecular weight is 445 g/mol. The minimum absolute atomic E-state index is 0.245. The van der Waals surface area contributed by atoms with Gasteiger partial charge in [-0.05, 0) is 62.6 Å². The summed E-state index contributed by atoms with van der Waals surface area (Å²) < 4.78 is 6.64. The molecule has 0 aromatic rings. The van der Waals surface area contributed by atoms with Crippen molar-refractivity contribution in [3.05, 3.63) is 0 Å². The Balaban J connectivity index is 2.70. The normalized spacial score (nSPS) is 23.5. The van der Waals surface area contributed by atoms with Crippen molar-refractivity contribution >= 4 is 22.5 Å². The quantitative estimate of drug-likeness (QED) is 0.428. The molecule has 0 radical (unpaired) electrons. The fourth-order valence-corrected chi connectivity index (χ4v) is 6.70. The maximum Gasteiger partial charge on any atom is 0.407 e. The van der Waals surface area contributed by atoms with Crippen molar-refractivity contribution in [1.29, 1.82) is 0 Å². The van der Waals surface area contributed by atoms with Gasteiger partial charge in [-0.25, -0.2) is 4.79 Å². The number of hydrogen-bond acceptors (Lipinski definition) is 3. The van der Waals surface area contributed by atoms with E-state index < -0.39 is 28.0 Å². The fourth-order valence-electron chi connectivity index (χ4n) is 4.03. The molecule has 1 saturated carbocycles. The van der Waals surface area contributed by atoms with E-state index in [1.54, 1.807) is 7.05 Å². The molecule has 1 aliphatic rings. The molecule has 0 spiro atoms. The lowest BCUT2D eigenvalue weighted by Crippen LogP contribution is -2.52. The van der Waals surface area contributed by atoms with E-state index in [-0.39, 0.29) is 5.04 Å². The molecular formula is C22H48N2O3Si2. The predicted molar refractivity (Wildman–Crippen MR) is 129 cm³/mol. The van der Waals surface area contributed by atoms with E-state index in [2.05, 4.69) is 53.5 Å². The molecule has 0 unspecified atom stereocenters. The maximum atomic E-state index is 11.4. The Hall–Kier alpha value is -0.376. The van der Waals surface area contributed by atoms with Gasteiger partial charge in [0.05, 0.1) is 0 Å². The third-order valence-corrected chi connectivity index (χ3v) is 13.3. The van der Waals surface area contributed by atoms with Gasteiger partial charge in [-0.2, -0.15) is 0 Å². The van der Waals surface area contributed by atoms with E-state index in [0.29, 0.717) is 18.6 Å². The molecular weight excluding hydrogens is 396 g/mol. The Morgan fingerprint density at radius 1 is 1.10 bits per heavy atom. The summed E-state index contributed by atoms with van der Waals surface area (Å²) in [5.74, 6) is 0.572. The van der Waals surface area contributed by atoms with Crippen LogP contribution in [-0.2, 0) is 4.43 Å².